The van der Waals surface area contributed by atoms with Gasteiger partial charge in [-0.1, -0.05) is 24.3 Å². The Morgan fingerprint density at radius 2 is 2.09 bits per heavy atom. The maximum atomic E-state index is 10.8. The summed E-state index contributed by atoms with van der Waals surface area (Å²) < 4.78 is 13.5. The Morgan fingerprint density at radius 1 is 1.22 bits per heavy atom. The number of rotatable bonds is 3. The third-order valence-electron chi connectivity index (χ3n) is 9.40. The highest BCUT2D eigenvalue weighted by Crippen LogP contribution is 2.69. The van der Waals surface area contributed by atoms with Crippen molar-refractivity contribution in [2.75, 3.05) is 20.2 Å². The Bertz CT molecular complexity index is 1290. The minimum atomic E-state index is -0.366. The Balaban J connectivity index is 1.44. The lowest BCUT2D eigenvalue weighted by Gasteiger charge is -2.64. The number of aromatic hydroxyl groups is 1. The van der Waals surface area contributed by atoms with Crippen molar-refractivity contribution in [3.8, 4) is 11.5 Å². The number of methoxy groups -OCH3 is 1. The van der Waals surface area contributed by atoms with Crippen molar-refractivity contribution in [1.82, 2.24) is 9.88 Å². The van der Waals surface area contributed by atoms with Crippen LogP contribution in [0.15, 0.2) is 36.4 Å². The summed E-state index contributed by atoms with van der Waals surface area (Å²) in [6.45, 7) is 2.24. The van der Waals surface area contributed by atoms with Crippen molar-refractivity contribution in [3.05, 3.63) is 58.8 Å². The van der Waals surface area contributed by atoms with Crippen LogP contribution in [0.5, 0.6) is 11.5 Å². The van der Waals surface area contributed by atoms with Gasteiger partial charge in [0.2, 0.25) is 0 Å². The predicted octanol–water partition coefficient (Wildman–Crippen LogP) is 4.23. The van der Waals surface area contributed by atoms with Crippen LogP contribution in [0.4, 0.5) is 0 Å². The monoisotopic (exact) mass is 428 g/mol. The van der Waals surface area contributed by atoms with E-state index in [-0.39, 0.29) is 22.9 Å². The van der Waals surface area contributed by atoms with E-state index in [0.29, 0.717) is 11.8 Å². The van der Waals surface area contributed by atoms with Crippen LogP contribution in [0.2, 0.25) is 0 Å². The molecule has 164 valence electrons. The van der Waals surface area contributed by atoms with Crippen LogP contribution in [-0.4, -0.2) is 46.8 Å². The Kier molecular flexibility index (Phi) is 3.20. The van der Waals surface area contributed by atoms with E-state index in [0.717, 1.165) is 37.2 Å². The van der Waals surface area contributed by atoms with Gasteiger partial charge >= 0.3 is 0 Å². The topological polar surface area (TPSA) is 57.7 Å². The van der Waals surface area contributed by atoms with Gasteiger partial charge in [-0.2, -0.15) is 0 Å². The number of hydrogen-bond acceptors (Lipinski definition) is 4. The molecule has 3 aliphatic carbocycles. The van der Waals surface area contributed by atoms with Crippen molar-refractivity contribution < 1.29 is 14.6 Å². The number of ether oxygens (including phenoxy) is 2. The highest BCUT2D eigenvalue weighted by Gasteiger charge is 2.73. The predicted molar refractivity (Wildman–Crippen MR) is 121 cm³/mol. The Hall–Kier alpha value is -2.50. The minimum Gasteiger partial charge on any atom is -0.504 e. The summed E-state index contributed by atoms with van der Waals surface area (Å²) in [5.74, 6) is 1.79. The molecular formula is C27H28N2O3. The van der Waals surface area contributed by atoms with Gasteiger partial charge in [0, 0.05) is 42.6 Å². The molecule has 2 bridgehead atoms. The SMILES string of the molecule is CO[C@@]12Cc3c([nH]c4ccccc34)[C@@H]3Oc4c(O)ccc5c4[C@@]31CCN(CC1CC1)[C@@H]2C5. The summed E-state index contributed by atoms with van der Waals surface area (Å²) in [4.78, 5) is 6.46. The molecule has 1 saturated heterocycles. The molecule has 2 fully saturated rings. The molecule has 1 spiro atoms. The molecule has 5 heteroatoms. The molecule has 1 aromatic heterocycles. The number of nitrogens with one attached hydrogen (secondary N) is 1. The average molecular weight is 429 g/mol. The zero-order chi connectivity index (χ0) is 21.2. The lowest BCUT2D eigenvalue weighted by Crippen LogP contribution is -2.75. The van der Waals surface area contributed by atoms with E-state index in [9.17, 15) is 5.11 Å². The van der Waals surface area contributed by atoms with E-state index in [1.165, 1.54) is 47.2 Å². The van der Waals surface area contributed by atoms with Crippen molar-refractivity contribution in [2.24, 2.45) is 5.92 Å². The second kappa shape index (κ2) is 5.70. The maximum absolute atomic E-state index is 10.8. The van der Waals surface area contributed by atoms with Gasteiger partial charge in [0.25, 0.3) is 0 Å². The molecule has 32 heavy (non-hydrogen) atoms. The van der Waals surface area contributed by atoms with Crippen molar-refractivity contribution in [2.45, 2.75) is 55.3 Å². The molecule has 8 rings (SSSR count). The number of phenols is 1. The number of para-hydroxylation sites is 1. The van der Waals surface area contributed by atoms with Gasteiger partial charge < -0.3 is 19.6 Å². The lowest BCUT2D eigenvalue weighted by atomic mass is 9.48. The fourth-order valence-electron chi connectivity index (χ4n) is 7.93. The minimum absolute atomic E-state index is 0.161. The van der Waals surface area contributed by atoms with Crippen molar-refractivity contribution in [1.29, 1.82) is 0 Å². The molecule has 2 aliphatic heterocycles. The number of aromatic nitrogens is 1. The third kappa shape index (κ3) is 1.87. The average Bonchev–Trinajstić information content (AvgIpc) is 3.45. The molecule has 2 N–H and O–H groups in total. The van der Waals surface area contributed by atoms with Crippen LogP contribution in [0.1, 0.15) is 47.8 Å². The standard InChI is InChI=1S/C27H28N2O3/c1-31-27-13-18-17-4-2-3-5-19(17)28-23(18)25-26(27)10-11-29(14-15-6-7-15)21(27)12-16-8-9-20(30)24(32-25)22(16)26/h2-5,8-9,15,21,25,28,30H,6-7,10-14H2,1H3/t21-,25+,26+,27-/m1/s1. The first-order valence-corrected chi connectivity index (χ1v) is 12.1. The van der Waals surface area contributed by atoms with Crippen molar-refractivity contribution >= 4 is 10.9 Å². The van der Waals surface area contributed by atoms with E-state index < -0.39 is 0 Å². The molecule has 1 saturated carbocycles. The van der Waals surface area contributed by atoms with Gasteiger partial charge in [-0.25, -0.2) is 0 Å². The number of benzene rings is 2. The summed E-state index contributed by atoms with van der Waals surface area (Å²) in [6, 6.07) is 12.9. The fourth-order valence-corrected chi connectivity index (χ4v) is 7.93. The number of nitrogens with zero attached hydrogens (tertiary/aromatic N) is 1. The summed E-state index contributed by atoms with van der Waals surface area (Å²) in [6.07, 6.45) is 5.39. The highest BCUT2D eigenvalue weighted by molar-refractivity contribution is 5.86. The zero-order valence-electron chi connectivity index (χ0n) is 18.4. The van der Waals surface area contributed by atoms with Gasteiger partial charge in [0.15, 0.2) is 17.6 Å². The first kappa shape index (κ1) is 18.0. The smallest absolute Gasteiger partial charge is 0.166 e. The molecule has 0 amide bonds. The van der Waals surface area contributed by atoms with Gasteiger partial charge in [-0.3, -0.25) is 4.90 Å². The molecule has 3 aromatic rings. The van der Waals surface area contributed by atoms with Crippen LogP contribution in [0.3, 0.4) is 0 Å². The quantitative estimate of drug-likeness (QED) is 0.656. The number of H-pyrrole nitrogens is 1. The highest BCUT2D eigenvalue weighted by atomic mass is 16.5. The molecular weight excluding hydrogens is 400 g/mol. The number of fused-ring (bicyclic) bond motifs is 4. The molecule has 0 unspecified atom stereocenters. The van der Waals surface area contributed by atoms with E-state index in [4.69, 9.17) is 9.47 Å². The van der Waals surface area contributed by atoms with Gasteiger partial charge in [-0.15, -0.1) is 0 Å². The van der Waals surface area contributed by atoms with E-state index in [1.807, 2.05) is 13.2 Å². The van der Waals surface area contributed by atoms with Gasteiger partial charge in [-0.05, 0) is 61.4 Å². The second-order valence-corrected chi connectivity index (χ2v) is 10.7. The van der Waals surface area contributed by atoms with Crippen LogP contribution in [0, 0.1) is 5.92 Å². The van der Waals surface area contributed by atoms with Crippen LogP contribution in [-0.2, 0) is 23.0 Å². The number of likely N-dealkylation sites (tertiary alicyclic amines) is 1. The zero-order valence-corrected chi connectivity index (χ0v) is 18.4. The Morgan fingerprint density at radius 3 is 2.94 bits per heavy atom. The summed E-state index contributed by atoms with van der Waals surface area (Å²) >= 11 is 0. The first-order valence-electron chi connectivity index (χ1n) is 12.1. The largest absolute Gasteiger partial charge is 0.504 e. The lowest BCUT2D eigenvalue weighted by molar-refractivity contribution is -0.190. The maximum Gasteiger partial charge on any atom is 0.166 e. The number of hydrogen-bond donors (Lipinski definition) is 2. The molecule has 3 heterocycles. The number of aromatic amines is 1. The van der Waals surface area contributed by atoms with Gasteiger partial charge in [0.1, 0.15) is 5.60 Å². The third-order valence-corrected chi connectivity index (χ3v) is 9.40. The van der Waals surface area contributed by atoms with Crippen LogP contribution < -0.4 is 4.74 Å². The van der Waals surface area contributed by atoms with E-state index in [2.05, 4.69) is 40.2 Å². The molecule has 0 radical (unpaired) electrons. The summed E-state index contributed by atoms with van der Waals surface area (Å²) in [7, 11) is 1.91. The molecule has 5 aliphatic rings. The summed E-state index contributed by atoms with van der Waals surface area (Å²) in [5, 5.41) is 12.1. The van der Waals surface area contributed by atoms with Crippen LogP contribution >= 0.6 is 0 Å². The van der Waals surface area contributed by atoms with Crippen molar-refractivity contribution in [3.63, 3.8) is 0 Å². The molecule has 4 atom stereocenters. The normalized spacial score (nSPS) is 34.3. The second-order valence-electron chi connectivity index (χ2n) is 10.7. The summed E-state index contributed by atoms with van der Waals surface area (Å²) in [5.41, 5.74) is 5.58. The molecule has 2 aromatic carbocycles. The van der Waals surface area contributed by atoms with Crippen LogP contribution in [0.25, 0.3) is 10.9 Å². The fraction of sp³-hybridized carbons (Fsp3) is 0.481. The number of piperidine rings is 1. The van der Waals surface area contributed by atoms with E-state index >= 15 is 0 Å². The Labute approximate surface area is 187 Å². The number of phenolic OH excluding ortho intramolecular Hbond substituents is 1. The van der Waals surface area contributed by atoms with Gasteiger partial charge in [0.05, 0.1) is 11.1 Å². The van der Waals surface area contributed by atoms with E-state index in [1.54, 1.807) is 0 Å². The molecule has 5 nitrogen and oxygen atoms in total. The first-order chi connectivity index (χ1) is 15.7.